The molecule has 2 aromatic rings. The van der Waals surface area contributed by atoms with Crippen molar-refractivity contribution in [2.45, 2.75) is 245 Å². The number of aliphatic carboxylic acids is 1. The summed E-state index contributed by atoms with van der Waals surface area (Å²) in [7, 11) is 10.3. The van der Waals surface area contributed by atoms with E-state index in [-0.39, 0.29) is 95.9 Å². The van der Waals surface area contributed by atoms with Crippen molar-refractivity contribution < 1.29 is 115 Å². The van der Waals surface area contributed by atoms with Gasteiger partial charge in [0.05, 0.1) is 64.6 Å². The lowest BCUT2D eigenvalue weighted by Crippen LogP contribution is -2.76. The molecule has 6 aliphatic heterocycles. The molecule has 4 bridgehead atoms. The van der Waals surface area contributed by atoms with Crippen LogP contribution in [0, 0.1) is 17.8 Å². The number of Topliss-reactive ketones (excluding diaryl/α,β-unsaturated/α-hetero) is 2. The lowest BCUT2D eigenvalue weighted by Gasteiger charge is -2.62. The number of likely N-dealkylation sites (N-methyl/N-ethyl adjacent to an activating group) is 1. The van der Waals surface area contributed by atoms with Crippen molar-refractivity contribution in [2.24, 2.45) is 23.5 Å². The molecule has 34 nitrogen and oxygen atoms in total. The second-order valence-electron chi connectivity index (χ2n) is 33.5. The number of ketones is 2. The Balaban J connectivity index is 0.000000200. The number of aliphatic hydroxyl groups is 2. The Hall–Kier alpha value is -8.54. The number of benzene rings is 2. The molecule has 3 radical (unpaired) electrons. The number of hydroxylamine groups is 2. The van der Waals surface area contributed by atoms with Crippen LogP contribution >= 0.6 is 9.47 Å². The minimum atomic E-state index is -1.48. The zero-order valence-electron chi connectivity index (χ0n) is 69.1. The molecule has 2 aromatic carbocycles. The minimum absolute atomic E-state index is 0. The summed E-state index contributed by atoms with van der Waals surface area (Å²) in [6, 6.07) is 7.44. The molecule has 11 atom stereocenters. The van der Waals surface area contributed by atoms with Gasteiger partial charge >= 0.3 is 35.8 Å². The van der Waals surface area contributed by atoms with Gasteiger partial charge in [-0.05, 0) is 200 Å². The van der Waals surface area contributed by atoms with Crippen molar-refractivity contribution in [1.29, 1.82) is 0 Å². The monoisotopic (exact) mass is 1670 g/mol. The number of methoxy groups -OCH3 is 2. The SMILES string of the molecule is CNC(C)(C)C(=O)ON1C(=O)CCC1=O.CNCCCC[C@H](CC(=O)CCC(=O)NC(C)(C)C(=O)OC1=CC[C@@]2(O)[C@H]3Cc4ccc(OC)c5c4[C@@]2(CCN3CC2CC2)[C@H]1O5)C(=O)NCC(=O)O.CNCCCC[C@H](N)C(=O)NCC(=O)OP.COc1ccc2c3c1O[C@H]1C(=O)CC[C@@]4(O)[C@@H](C2)N(CC2CC2)CC[C@]314.O=C1CCC(=O)O1.[B]. The molecule has 12 aliphatic rings. The Bertz CT molecular complexity index is 4110. The zero-order chi connectivity index (χ0) is 85.1. The number of carbonyl (C=O) groups is 13. The number of carboxylic acid groups (broad SMARTS) is 1. The highest BCUT2D eigenvalue weighted by Crippen LogP contribution is 2.67. The second-order valence-corrected chi connectivity index (χ2v) is 33.7. The number of piperidine rings is 2. The molecule has 11 N–H and O–H groups in total. The third-order valence-electron chi connectivity index (χ3n) is 24.8. The number of nitrogens with two attached hydrogens (primary N) is 1. The molecule has 6 heterocycles. The molecule has 0 aromatic heterocycles. The van der Waals surface area contributed by atoms with Gasteiger partial charge in [-0.2, -0.15) is 0 Å². The molecule has 14 rings (SSSR count). The molecule has 7 fully saturated rings. The van der Waals surface area contributed by atoms with Crippen LogP contribution in [0.5, 0.6) is 23.0 Å². The number of likely N-dealkylation sites (tertiary alicyclic amines) is 2. The summed E-state index contributed by atoms with van der Waals surface area (Å²) in [6.45, 7) is 11.0. The van der Waals surface area contributed by atoms with Crippen LogP contribution in [0.15, 0.2) is 36.1 Å². The van der Waals surface area contributed by atoms with E-state index in [9.17, 15) is 72.5 Å². The van der Waals surface area contributed by atoms with Gasteiger partial charge in [-0.3, -0.25) is 57.7 Å². The van der Waals surface area contributed by atoms with Gasteiger partial charge < -0.3 is 90.7 Å². The Morgan fingerprint density at radius 3 is 1.68 bits per heavy atom. The van der Waals surface area contributed by atoms with Gasteiger partial charge in [0.15, 0.2) is 41.0 Å². The lowest BCUT2D eigenvalue weighted by atomic mass is 9.49. The van der Waals surface area contributed by atoms with E-state index >= 15 is 0 Å². The van der Waals surface area contributed by atoms with Crippen LogP contribution in [-0.4, -0.2) is 256 Å². The Kier molecular flexibility index (Phi) is 31.5. The van der Waals surface area contributed by atoms with Crippen molar-refractivity contribution in [1.82, 2.24) is 46.8 Å². The number of nitrogens with one attached hydrogen (secondary N) is 6. The third-order valence-corrected chi connectivity index (χ3v) is 25.1. The number of cyclic esters (lactones) is 2. The van der Waals surface area contributed by atoms with E-state index in [1.807, 2.05) is 35.7 Å². The Morgan fingerprint density at radius 2 is 1.18 bits per heavy atom. The number of esters is 3. The predicted molar refractivity (Wildman–Crippen MR) is 428 cm³/mol. The van der Waals surface area contributed by atoms with Gasteiger partial charge in [-0.25, -0.2) is 14.4 Å². The lowest BCUT2D eigenvalue weighted by molar-refractivity contribution is -0.201. The van der Waals surface area contributed by atoms with Crippen LogP contribution in [0.2, 0.25) is 0 Å². The predicted octanol–water partition coefficient (Wildman–Crippen LogP) is 2.18. The van der Waals surface area contributed by atoms with Crippen LogP contribution in [0.25, 0.3) is 0 Å². The summed E-state index contributed by atoms with van der Waals surface area (Å²) in [6.07, 6.45) is 14.2. The second kappa shape index (κ2) is 39.8. The van der Waals surface area contributed by atoms with Crippen LogP contribution in [-0.2, 0) is 105 Å². The molecule has 1 unspecified atom stereocenters. The van der Waals surface area contributed by atoms with Gasteiger partial charge in [-0.15, -0.1) is 5.06 Å². The maximum absolute atomic E-state index is 13.8. The number of imide groups is 1. The maximum Gasteiger partial charge on any atom is 0.352 e. The van der Waals surface area contributed by atoms with Gasteiger partial charge in [0.2, 0.25) is 17.7 Å². The van der Waals surface area contributed by atoms with E-state index in [2.05, 4.69) is 63.1 Å². The molecule has 4 saturated heterocycles. The summed E-state index contributed by atoms with van der Waals surface area (Å²) >= 11 is 0. The summed E-state index contributed by atoms with van der Waals surface area (Å²) in [5, 5.41) is 50.5. The molecule has 647 valence electrons. The number of ether oxygens (including phenoxy) is 6. The number of rotatable bonds is 33. The fourth-order valence-corrected chi connectivity index (χ4v) is 18.0. The smallest absolute Gasteiger partial charge is 0.352 e. The fraction of sp³-hybridized carbons (Fsp3) is 0.671. The van der Waals surface area contributed by atoms with Crippen LogP contribution < -0.4 is 56.6 Å². The topological polar surface area (TPSA) is 464 Å². The first kappa shape index (κ1) is 93.3. The normalized spacial score (nSPS) is 25.5. The zero-order valence-corrected chi connectivity index (χ0v) is 70.3. The van der Waals surface area contributed by atoms with E-state index < -0.39 is 123 Å². The number of unbranched alkanes of at least 4 members (excludes halogenated alkanes) is 2. The first-order valence-corrected chi connectivity index (χ1v) is 41.2. The van der Waals surface area contributed by atoms with Crippen molar-refractivity contribution in [3.63, 3.8) is 0 Å². The number of hydrogen-bond acceptors (Lipinski definition) is 29. The van der Waals surface area contributed by atoms with Gasteiger partial charge in [0.1, 0.15) is 35.7 Å². The highest BCUT2D eigenvalue weighted by Gasteiger charge is 2.75. The molecular formula is C82H117BN10O24P. The van der Waals surface area contributed by atoms with Crippen molar-refractivity contribution in [2.75, 3.05) is 87.7 Å². The molecule has 6 aliphatic carbocycles. The highest BCUT2D eigenvalue weighted by atomic mass is 31.0. The number of carboxylic acids is 1. The van der Waals surface area contributed by atoms with E-state index in [4.69, 9.17) is 39.4 Å². The standard InChI is InChI=1S/C39H54N4O10.C21H25NO4.C9H20N3O3P.C9H14N2O4.C4H4O3.B/c1-37(2,42-30(45)13-11-26(44)19-25(7-5-6-17-40-3)35(48)41-21-31(46)47)36(49)52-28-14-15-39(50)29-20-24-10-12-27(51-4)33-32(24)38(39,34(28)53-33)16-18-43(29)22-23-8-9-23;1-25-15-5-4-13-10-16-21(24)7-6-14(23)19-20(21,17(13)18(15)26-19)8-9-22(16)11-12-2-3-12;1-11-5-3-2-4-7(10)9(14)12-6-8(13)15-16;1-9(2,10-3)8(14)15-11-6(12)4-5-7(11)13;5-3-1-2-4(6)7-3;/h10,12,14,23,25,29,34,40,50H,5-9,11,13,15-22H2,1-4H3,(H,41,48)(H,42,45)(H,46,47);4-5,12,16,19,24H,2-3,6-11H2,1H3;7,11H,2-6,10,16H2,1H3,(H,12,14);10H,4-5H2,1-3H3;1-2H2;/t25-,29-,34+,38+,39-;16-,19+,20+,21-;7-;;;/m110.../s1. The van der Waals surface area contributed by atoms with Gasteiger partial charge in [-0.1, -0.05) is 25.0 Å². The quantitative estimate of drug-likeness (QED) is 0.0122. The first-order valence-electron chi connectivity index (χ1n) is 40.8. The molecule has 5 amide bonds. The average Bonchev–Trinajstić information content (AvgIpc) is 1.46. The summed E-state index contributed by atoms with van der Waals surface area (Å²) in [5.41, 5.74) is 4.10. The number of hydrogen-bond donors (Lipinski definition) is 10. The van der Waals surface area contributed by atoms with Crippen molar-refractivity contribution in [3.05, 3.63) is 58.4 Å². The van der Waals surface area contributed by atoms with E-state index in [1.54, 1.807) is 41.2 Å². The summed E-state index contributed by atoms with van der Waals surface area (Å²) in [5.74, 6) is -2.80. The largest absolute Gasteiger partial charge is 0.493 e. The summed E-state index contributed by atoms with van der Waals surface area (Å²) in [4.78, 5) is 162. The highest BCUT2D eigenvalue weighted by molar-refractivity contribution is 7.10. The van der Waals surface area contributed by atoms with Crippen LogP contribution in [0.3, 0.4) is 0 Å². The molecular weight excluding hydrogens is 1550 g/mol. The molecule has 2 spiro atoms. The molecule has 118 heavy (non-hydrogen) atoms. The summed E-state index contributed by atoms with van der Waals surface area (Å²) < 4.78 is 38.6. The number of amides is 5. The number of carbonyl (C=O) groups excluding carboxylic acids is 12. The third kappa shape index (κ3) is 20.4. The Labute approximate surface area is 691 Å². The van der Waals surface area contributed by atoms with Crippen molar-refractivity contribution >= 4 is 94.8 Å². The van der Waals surface area contributed by atoms with E-state index in [0.29, 0.717) is 84.7 Å². The maximum atomic E-state index is 13.8. The van der Waals surface area contributed by atoms with E-state index in [1.165, 1.54) is 45.1 Å². The fourth-order valence-electron chi connectivity index (χ4n) is 17.9. The van der Waals surface area contributed by atoms with Gasteiger partial charge in [0.25, 0.3) is 11.8 Å². The Morgan fingerprint density at radius 1 is 0.653 bits per heavy atom. The molecule has 36 heteroatoms. The number of nitrogens with zero attached hydrogens (tertiary/aromatic N) is 3. The van der Waals surface area contributed by atoms with Gasteiger partial charge in [0, 0.05) is 95.6 Å². The van der Waals surface area contributed by atoms with Crippen LogP contribution in [0.4, 0.5) is 0 Å². The van der Waals surface area contributed by atoms with Crippen molar-refractivity contribution in [3.8, 4) is 23.0 Å². The molecule has 3 saturated carbocycles. The average molecular weight is 1670 g/mol. The van der Waals surface area contributed by atoms with E-state index in [0.717, 1.165) is 94.0 Å². The minimum Gasteiger partial charge on any atom is -0.493 e. The first-order chi connectivity index (χ1) is 55.6. The van der Waals surface area contributed by atoms with Crippen LogP contribution in [0.1, 0.15) is 191 Å².